The van der Waals surface area contributed by atoms with Gasteiger partial charge in [0.2, 0.25) is 0 Å². The summed E-state index contributed by atoms with van der Waals surface area (Å²) in [5, 5.41) is 0. The maximum atomic E-state index is 11.5. The van der Waals surface area contributed by atoms with Crippen molar-refractivity contribution in [2.45, 2.75) is 20.8 Å². The van der Waals surface area contributed by atoms with E-state index in [4.69, 9.17) is 0 Å². The van der Waals surface area contributed by atoms with Crippen LogP contribution in [0.25, 0.3) is 11.6 Å². The Kier molecular flexibility index (Phi) is 4.18. The third-order valence-corrected chi connectivity index (χ3v) is 4.06. The van der Waals surface area contributed by atoms with Gasteiger partial charge in [-0.15, -0.1) is 0 Å². The molecule has 0 radical (unpaired) electrons. The fourth-order valence-corrected chi connectivity index (χ4v) is 2.77. The van der Waals surface area contributed by atoms with E-state index >= 15 is 0 Å². The molecule has 0 saturated carbocycles. The van der Waals surface area contributed by atoms with E-state index in [0.29, 0.717) is 5.56 Å². The van der Waals surface area contributed by atoms with Crippen LogP contribution >= 0.6 is 0 Å². The van der Waals surface area contributed by atoms with Gasteiger partial charge in [0, 0.05) is 18.0 Å². The predicted molar refractivity (Wildman–Crippen MR) is 88.5 cm³/mol. The average molecular weight is 277 g/mol. The molecular weight excluding hydrogens is 258 g/mol. The van der Waals surface area contributed by atoms with Crippen molar-refractivity contribution in [3.8, 4) is 0 Å². The van der Waals surface area contributed by atoms with Crippen molar-refractivity contribution in [2.75, 3.05) is 0 Å². The molecule has 0 aliphatic rings. The number of nitrogens with zero attached hydrogens (tertiary/aromatic N) is 1. The SMILES string of the molecule is C=Cc1c(C)c(C)c(C(=C)c2ccncc2)c(C)c1C=O. The highest BCUT2D eigenvalue weighted by molar-refractivity contribution is 5.91. The lowest BCUT2D eigenvalue weighted by Gasteiger charge is -2.20. The van der Waals surface area contributed by atoms with Crippen molar-refractivity contribution >= 4 is 17.9 Å². The third kappa shape index (κ3) is 2.45. The minimum Gasteiger partial charge on any atom is -0.298 e. The highest BCUT2D eigenvalue weighted by Gasteiger charge is 2.17. The molecule has 0 bridgehead atoms. The Hall–Kier alpha value is -2.48. The van der Waals surface area contributed by atoms with Gasteiger partial charge in [-0.2, -0.15) is 0 Å². The number of hydrogen-bond acceptors (Lipinski definition) is 2. The second kappa shape index (κ2) is 5.88. The quantitative estimate of drug-likeness (QED) is 0.769. The fourth-order valence-electron chi connectivity index (χ4n) is 2.77. The monoisotopic (exact) mass is 277 g/mol. The Morgan fingerprint density at radius 1 is 1.05 bits per heavy atom. The first kappa shape index (κ1) is 14.9. The lowest BCUT2D eigenvalue weighted by Crippen LogP contribution is -2.05. The minimum absolute atomic E-state index is 0.693. The van der Waals surface area contributed by atoms with Crippen LogP contribution in [-0.4, -0.2) is 11.3 Å². The Labute approximate surface area is 125 Å². The standard InChI is InChI=1S/C19H19NO/c1-6-17-12(2)13(3)19(15(5)18(17)11-21)14(4)16-7-9-20-10-8-16/h6-11H,1,4H2,2-3,5H3. The summed E-state index contributed by atoms with van der Waals surface area (Å²) >= 11 is 0. The van der Waals surface area contributed by atoms with Gasteiger partial charge in [-0.1, -0.05) is 19.2 Å². The first-order chi connectivity index (χ1) is 10.0. The molecule has 2 heteroatoms. The maximum Gasteiger partial charge on any atom is 0.150 e. The molecule has 0 amide bonds. The van der Waals surface area contributed by atoms with Gasteiger partial charge in [0.25, 0.3) is 0 Å². The third-order valence-electron chi connectivity index (χ3n) is 4.06. The predicted octanol–water partition coefficient (Wildman–Crippen LogP) is 4.52. The normalized spacial score (nSPS) is 10.2. The van der Waals surface area contributed by atoms with Gasteiger partial charge in [-0.25, -0.2) is 0 Å². The van der Waals surface area contributed by atoms with Crippen LogP contribution in [0, 0.1) is 20.8 Å². The van der Waals surface area contributed by atoms with Crippen LogP contribution < -0.4 is 0 Å². The molecule has 2 rings (SSSR count). The van der Waals surface area contributed by atoms with E-state index in [9.17, 15) is 4.79 Å². The molecule has 2 aromatic rings. The summed E-state index contributed by atoms with van der Waals surface area (Å²) in [6, 6.07) is 3.86. The van der Waals surface area contributed by atoms with Gasteiger partial charge < -0.3 is 0 Å². The summed E-state index contributed by atoms with van der Waals surface area (Å²) in [6.45, 7) is 14.1. The van der Waals surface area contributed by atoms with E-state index in [0.717, 1.165) is 45.2 Å². The van der Waals surface area contributed by atoms with Crippen molar-refractivity contribution in [3.05, 3.63) is 76.6 Å². The van der Waals surface area contributed by atoms with Crippen LogP contribution in [0.3, 0.4) is 0 Å². The molecule has 0 aliphatic carbocycles. The largest absolute Gasteiger partial charge is 0.298 e. The van der Waals surface area contributed by atoms with Crippen molar-refractivity contribution in [3.63, 3.8) is 0 Å². The molecule has 106 valence electrons. The average Bonchev–Trinajstić information content (AvgIpc) is 2.51. The van der Waals surface area contributed by atoms with E-state index in [1.807, 2.05) is 26.0 Å². The lowest BCUT2D eigenvalue weighted by atomic mass is 9.84. The Bertz CT molecular complexity index is 727. The number of aldehydes is 1. The van der Waals surface area contributed by atoms with E-state index in [1.165, 1.54) is 0 Å². The second-order valence-electron chi connectivity index (χ2n) is 5.11. The highest BCUT2D eigenvalue weighted by Crippen LogP contribution is 2.33. The zero-order valence-electron chi connectivity index (χ0n) is 12.7. The van der Waals surface area contributed by atoms with Crippen LogP contribution in [-0.2, 0) is 0 Å². The molecule has 0 spiro atoms. The summed E-state index contributed by atoms with van der Waals surface area (Å²) in [6.07, 6.45) is 6.15. The molecule has 1 aromatic carbocycles. The van der Waals surface area contributed by atoms with Gasteiger partial charge >= 0.3 is 0 Å². The van der Waals surface area contributed by atoms with Crippen LogP contribution in [0.5, 0.6) is 0 Å². The van der Waals surface area contributed by atoms with Crippen molar-refractivity contribution in [2.24, 2.45) is 0 Å². The first-order valence-corrected chi connectivity index (χ1v) is 6.84. The Morgan fingerprint density at radius 3 is 2.19 bits per heavy atom. The number of rotatable bonds is 4. The zero-order valence-corrected chi connectivity index (χ0v) is 12.7. The molecule has 0 N–H and O–H groups in total. The first-order valence-electron chi connectivity index (χ1n) is 6.84. The summed E-state index contributed by atoms with van der Waals surface area (Å²) in [5.41, 5.74) is 7.71. The summed E-state index contributed by atoms with van der Waals surface area (Å²) in [7, 11) is 0. The maximum absolute atomic E-state index is 11.5. The van der Waals surface area contributed by atoms with Crippen molar-refractivity contribution in [1.82, 2.24) is 4.98 Å². The van der Waals surface area contributed by atoms with Gasteiger partial charge in [0.15, 0.2) is 6.29 Å². The molecule has 0 fully saturated rings. The van der Waals surface area contributed by atoms with E-state index < -0.39 is 0 Å². The molecule has 0 aliphatic heterocycles. The number of aromatic nitrogens is 1. The van der Waals surface area contributed by atoms with E-state index in [2.05, 4.69) is 25.1 Å². The Morgan fingerprint density at radius 2 is 1.67 bits per heavy atom. The number of hydrogen-bond donors (Lipinski definition) is 0. The summed E-state index contributed by atoms with van der Waals surface area (Å²) in [5.74, 6) is 0. The molecule has 0 atom stereocenters. The van der Waals surface area contributed by atoms with E-state index in [1.54, 1.807) is 18.5 Å². The molecule has 21 heavy (non-hydrogen) atoms. The van der Waals surface area contributed by atoms with Gasteiger partial charge in [-0.3, -0.25) is 9.78 Å². The molecule has 2 nitrogen and oxygen atoms in total. The summed E-state index contributed by atoms with van der Waals surface area (Å²) < 4.78 is 0. The summed E-state index contributed by atoms with van der Waals surface area (Å²) in [4.78, 5) is 15.5. The van der Waals surface area contributed by atoms with Crippen LogP contribution in [0.4, 0.5) is 0 Å². The van der Waals surface area contributed by atoms with Gasteiger partial charge in [0.05, 0.1) is 0 Å². The minimum atomic E-state index is 0.693. The number of carbonyl (C=O) groups excluding carboxylic acids is 1. The smallest absolute Gasteiger partial charge is 0.150 e. The second-order valence-corrected chi connectivity index (χ2v) is 5.11. The highest BCUT2D eigenvalue weighted by atomic mass is 16.1. The van der Waals surface area contributed by atoms with Crippen LogP contribution in [0.1, 0.15) is 43.7 Å². The number of pyridine rings is 1. The molecule has 0 unspecified atom stereocenters. The Balaban J connectivity index is 2.76. The van der Waals surface area contributed by atoms with Crippen LogP contribution in [0.2, 0.25) is 0 Å². The number of carbonyl (C=O) groups is 1. The number of benzene rings is 1. The van der Waals surface area contributed by atoms with Crippen molar-refractivity contribution < 1.29 is 4.79 Å². The molecule has 1 heterocycles. The lowest BCUT2D eigenvalue weighted by molar-refractivity contribution is 0.112. The van der Waals surface area contributed by atoms with Crippen LogP contribution in [0.15, 0.2) is 37.7 Å². The van der Waals surface area contributed by atoms with E-state index in [-0.39, 0.29) is 0 Å². The van der Waals surface area contributed by atoms with Crippen molar-refractivity contribution in [1.29, 1.82) is 0 Å². The fraction of sp³-hybridized carbons (Fsp3) is 0.158. The zero-order chi connectivity index (χ0) is 15.6. The topological polar surface area (TPSA) is 30.0 Å². The van der Waals surface area contributed by atoms with Gasteiger partial charge in [-0.05, 0) is 71.9 Å². The molecule has 0 saturated heterocycles. The van der Waals surface area contributed by atoms with Gasteiger partial charge in [0.1, 0.15) is 0 Å². The molecular formula is C19H19NO. The molecule has 1 aromatic heterocycles.